The first-order chi connectivity index (χ1) is 4.77. The van der Waals surface area contributed by atoms with Crippen molar-refractivity contribution in [1.82, 2.24) is 0 Å². The van der Waals surface area contributed by atoms with Crippen LogP contribution < -0.4 is 0 Å². The Kier molecular flexibility index (Phi) is 1.01. The van der Waals surface area contributed by atoms with Crippen LogP contribution in [0.4, 0.5) is 0 Å². The van der Waals surface area contributed by atoms with Crippen LogP contribution in [0.25, 0.3) is 5.57 Å². The van der Waals surface area contributed by atoms with Crippen molar-refractivity contribution in [1.29, 1.82) is 0 Å². The number of hydrogen-bond acceptors (Lipinski definition) is 1. The van der Waals surface area contributed by atoms with Crippen molar-refractivity contribution in [2.75, 3.05) is 0 Å². The molecule has 0 saturated heterocycles. The largest absolute Gasteiger partial charge is 0.466 e. The number of hydrogen-bond donors (Lipinski definition) is 0. The Hall–Kier alpha value is -0.980. The maximum atomic E-state index is 5.44. The van der Waals surface area contributed by atoms with Crippen molar-refractivity contribution in [3.05, 3.63) is 29.7 Å². The van der Waals surface area contributed by atoms with E-state index in [0.717, 1.165) is 24.4 Å². The molecule has 1 nitrogen and oxygen atoms in total. The molecule has 0 fully saturated rings. The van der Waals surface area contributed by atoms with E-state index in [-0.39, 0.29) is 0 Å². The third-order valence-corrected chi connectivity index (χ3v) is 1.97. The SMILES string of the molecule is C=C1CCc2oc(C)cc21. The van der Waals surface area contributed by atoms with E-state index in [9.17, 15) is 0 Å². The summed E-state index contributed by atoms with van der Waals surface area (Å²) >= 11 is 0. The Morgan fingerprint density at radius 1 is 1.50 bits per heavy atom. The first-order valence-corrected chi connectivity index (χ1v) is 3.55. The molecule has 0 spiro atoms. The molecule has 1 aromatic rings. The fourth-order valence-corrected chi connectivity index (χ4v) is 1.45. The number of allylic oxidation sites excluding steroid dienone is 1. The highest BCUT2D eigenvalue weighted by Gasteiger charge is 2.18. The molecule has 0 N–H and O–H groups in total. The molecule has 2 rings (SSSR count). The highest BCUT2D eigenvalue weighted by molar-refractivity contribution is 5.69. The van der Waals surface area contributed by atoms with Gasteiger partial charge in [-0.1, -0.05) is 6.58 Å². The Morgan fingerprint density at radius 3 is 3.00 bits per heavy atom. The van der Waals surface area contributed by atoms with E-state index < -0.39 is 0 Å². The summed E-state index contributed by atoms with van der Waals surface area (Å²) in [7, 11) is 0. The van der Waals surface area contributed by atoms with Crippen LogP contribution in [0.15, 0.2) is 17.1 Å². The van der Waals surface area contributed by atoms with E-state index in [4.69, 9.17) is 4.42 Å². The number of rotatable bonds is 0. The topological polar surface area (TPSA) is 13.1 Å². The molecule has 0 aromatic carbocycles. The quantitative estimate of drug-likeness (QED) is 0.531. The summed E-state index contributed by atoms with van der Waals surface area (Å²) in [6.45, 7) is 5.93. The minimum atomic E-state index is 1.01. The molecule has 1 aliphatic carbocycles. The summed E-state index contributed by atoms with van der Waals surface area (Å²) in [4.78, 5) is 0. The normalized spacial score (nSPS) is 15.9. The summed E-state index contributed by atoms with van der Waals surface area (Å²) < 4.78 is 5.44. The molecule has 1 heterocycles. The average molecular weight is 134 g/mol. The van der Waals surface area contributed by atoms with Gasteiger partial charge in [-0.05, 0) is 25.0 Å². The van der Waals surface area contributed by atoms with Crippen LogP contribution in [-0.4, -0.2) is 0 Å². The van der Waals surface area contributed by atoms with Crippen LogP contribution in [0, 0.1) is 6.92 Å². The summed E-state index contributed by atoms with van der Waals surface area (Å²) in [5.41, 5.74) is 2.48. The molecule has 0 amide bonds. The van der Waals surface area contributed by atoms with Crippen LogP contribution in [-0.2, 0) is 6.42 Å². The molecule has 1 aromatic heterocycles. The Morgan fingerprint density at radius 2 is 2.30 bits per heavy atom. The highest BCUT2D eigenvalue weighted by atomic mass is 16.3. The van der Waals surface area contributed by atoms with Crippen LogP contribution in [0.3, 0.4) is 0 Å². The summed E-state index contributed by atoms with van der Waals surface area (Å²) in [5.74, 6) is 2.13. The van der Waals surface area contributed by atoms with E-state index in [0.29, 0.717) is 0 Å². The van der Waals surface area contributed by atoms with Crippen molar-refractivity contribution in [2.45, 2.75) is 19.8 Å². The molecule has 10 heavy (non-hydrogen) atoms. The van der Waals surface area contributed by atoms with E-state index in [1.165, 1.54) is 11.1 Å². The van der Waals surface area contributed by atoms with Gasteiger partial charge < -0.3 is 4.42 Å². The van der Waals surface area contributed by atoms with E-state index in [2.05, 4.69) is 12.6 Å². The Bertz CT molecular complexity index is 281. The fourth-order valence-electron chi connectivity index (χ4n) is 1.45. The Labute approximate surface area is 60.4 Å². The zero-order valence-corrected chi connectivity index (χ0v) is 6.11. The summed E-state index contributed by atoms with van der Waals surface area (Å²) in [6.07, 6.45) is 2.12. The van der Waals surface area contributed by atoms with Crippen LogP contribution >= 0.6 is 0 Å². The predicted molar refractivity (Wildman–Crippen MR) is 40.8 cm³/mol. The van der Waals surface area contributed by atoms with Gasteiger partial charge in [0.2, 0.25) is 0 Å². The molecular weight excluding hydrogens is 124 g/mol. The van der Waals surface area contributed by atoms with Gasteiger partial charge in [0.1, 0.15) is 11.5 Å². The molecule has 0 saturated carbocycles. The lowest BCUT2D eigenvalue weighted by molar-refractivity contribution is 0.489. The van der Waals surface area contributed by atoms with Crippen molar-refractivity contribution in [2.24, 2.45) is 0 Å². The second-order valence-electron chi connectivity index (χ2n) is 2.80. The van der Waals surface area contributed by atoms with Gasteiger partial charge in [-0.3, -0.25) is 0 Å². The van der Waals surface area contributed by atoms with Crippen LogP contribution in [0.1, 0.15) is 23.5 Å². The second-order valence-corrected chi connectivity index (χ2v) is 2.80. The summed E-state index contributed by atoms with van der Waals surface area (Å²) in [5, 5.41) is 0. The summed E-state index contributed by atoms with van der Waals surface area (Å²) in [6, 6.07) is 2.07. The second kappa shape index (κ2) is 1.75. The van der Waals surface area contributed by atoms with Gasteiger partial charge >= 0.3 is 0 Å². The number of fused-ring (bicyclic) bond motifs is 1. The molecule has 0 bridgehead atoms. The zero-order valence-electron chi connectivity index (χ0n) is 6.11. The van der Waals surface area contributed by atoms with Crippen molar-refractivity contribution >= 4 is 5.57 Å². The average Bonchev–Trinajstić information content (AvgIpc) is 2.35. The van der Waals surface area contributed by atoms with Gasteiger partial charge in [-0.2, -0.15) is 0 Å². The molecular formula is C9H10O. The van der Waals surface area contributed by atoms with Gasteiger partial charge in [0, 0.05) is 12.0 Å². The smallest absolute Gasteiger partial charge is 0.111 e. The highest BCUT2D eigenvalue weighted by Crippen LogP contribution is 2.32. The lowest BCUT2D eigenvalue weighted by Crippen LogP contribution is -1.69. The molecule has 1 aliphatic rings. The maximum absolute atomic E-state index is 5.44. The minimum absolute atomic E-state index is 1.01. The van der Waals surface area contributed by atoms with E-state index >= 15 is 0 Å². The first kappa shape index (κ1) is 5.78. The lowest BCUT2D eigenvalue weighted by Gasteiger charge is -1.86. The van der Waals surface area contributed by atoms with E-state index in [1.807, 2.05) is 6.92 Å². The van der Waals surface area contributed by atoms with Gasteiger partial charge in [0.25, 0.3) is 0 Å². The number of furan rings is 1. The fraction of sp³-hybridized carbons (Fsp3) is 0.333. The number of aryl methyl sites for hydroxylation is 2. The molecule has 0 aliphatic heterocycles. The van der Waals surface area contributed by atoms with Gasteiger partial charge in [0.15, 0.2) is 0 Å². The van der Waals surface area contributed by atoms with E-state index in [1.54, 1.807) is 0 Å². The maximum Gasteiger partial charge on any atom is 0.111 e. The van der Waals surface area contributed by atoms with Crippen LogP contribution in [0.2, 0.25) is 0 Å². The zero-order chi connectivity index (χ0) is 7.14. The molecule has 52 valence electrons. The van der Waals surface area contributed by atoms with Crippen molar-refractivity contribution in [3.8, 4) is 0 Å². The third kappa shape index (κ3) is 0.635. The minimum Gasteiger partial charge on any atom is -0.466 e. The van der Waals surface area contributed by atoms with Crippen LogP contribution in [0.5, 0.6) is 0 Å². The van der Waals surface area contributed by atoms with Gasteiger partial charge in [-0.25, -0.2) is 0 Å². The standard InChI is InChI=1S/C9H10O/c1-6-3-4-9-8(6)5-7(2)10-9/h5H,1,3-4H2,2H3. The molecule has 0 radical (unpaired) electrons. The predicted octanol–water partition coefficient (Wildman–Crippen LogP) is 2.55. The molecule has 0 atom stereocenters. The van der Waals surface area contributed by atoms with Crippen molar-refractivity contribution in [3.63, 3.8) is 0 Å². The van der Waals surface area contributed by atoms with Gasteiger partial charge in [-0.15, -0.1) is 0 Å². The third-order valence-electron chi connectivity index (χ3n) is 1.97. The van der Waals surface area contributed by atoms with Gasteiger partial charge in [0.05, 0.1) is 0 Å². The molecule has 1 heteroatoms. The lowest BCUT2D eigenvalue weighted by atomic mass is 10.2. The Balaban J connectivity index is 2.59. The molecule has 0 unspecified atom stereocenters. The van der Waals surface area contributed by atoms with Crippen molar-refractivity contribution < 1.29 is 4.42 Å². The monoisotopic (exact) mass is 134 g/mol. The first-order valence-electron chi connectivity index (χ1n) is 3.55.